The minimum Gasteiger partial charge on any atom is -0.339 e. The summed E-state index contributed by atoms with van der Waals surface area (Å²) in [4.78, 5) is 4.48. The zero-order valence-corrected chi connectivity index (χ0v) is 10.1. The Morgan fingerprint density at radius 1 is 1.44 bits per heavy atom. The Kier molecular flexibility index (Phi) is 2.67. The van der Waals surface area contributed by atoms with Crippen LogP contribution in [0.5, 0.6) is 0 Å². The number of thioether (sulfide) groups is 1. The fourth-order valence-electron chi connectivity index (χ4n) is 2.36. The van der Waals surface area contributed by atoms with Gasteiger partial charge in [0.2, 0.25) is 5.89 Å². The zero-order valence-electron chi connectivity index (χ0n) is 9.32. The fourth-order valence-corrected chi connectivity index (χ4v) is 3.56. The highest BCUT2D eigenvalue weighted by Crippen LogP contribution is 2.38. The van der Waals surface area contributed by atoms with E-state index >= 15 is 0 Å². The molecule has 2 fully saturated rings. The molecule has 2 aliphatic rings. The van der Waals surface area contributed by atoms with E-state index < -0.39 is 0 Å². The van der Waals surface area contributed by atoms with Gasteiger partial charge >= 0.3 is 0 Å². The van der Waals surface area contributed by atoms with Crippen LogP contribution in [-0.4, -0.2) is 21.4 Å². The molecule has 3 rings (SSSR count). The maximum Gasteiger partial charge on any atom is 0.228 e. The summed E-state index contributed by atoms with van der Waals surface area (Å²) in [5.41, 5.74) is 6.10. The van der Waals surface area contributed by atoms with Crippen LogP contribution in [0.1, 0.15) is 49.1 Å². The Bertz CT molecular complexity index is 369. The van der Waals surface area contributed by atoms with Gasteiger partial charge in [-0.25, -0.2) is 0 Å². The molecule has 1 unspecified atom stereocenters. The molecule has 1 saturated carbocycles. The summed E-state index contributed by atoms with van der Waals surface area (Å²) in [6, 6.07) is 0. The van der Waals surface area contributed by atoms with E-state index in [1.807, 2.05) is 11.8 Å². The number of rotatable bonds is 3. The maximum atomic E-state index is 6.16. The van der Waals surface area contributed by atoms with Crippen molar-refractivity contribution in [1.29, 1.82) is 0 Å². The predicted molar refractivity (Wildman–Crippen MR) is 63.2 cm³/mol. The SMILES string of the molecule is NC1(Cc2nc(C3CCCS3)no2)CCC1. The van der Waals surface area contributed by atoms with E-state index in [-0.39, 0.29) is 5.54 Å². The summed E-state index contributed by atoms with van der Waals surface area (Å²) in [5.74, 6) is 2.82. The standard InChI is InChI=1S/C11H17N3OS/c12-11(4-2-5-11)7-9-13-10(14-15-9)8-3-1-6-16-8/h8H,1-7,12H2. The zero-order chi connectivity index (χ0) is 11.0. The van der Waals surface area contributed by atoms with Gasteiger partial charge in [-0.2, -0.15) is 16.7 Å². The molecule has 1 aromatic rings. The van der Waals surface area contributed by atoms with Gasteiger partial charge in [0.1, 0.15) is 0 Å². The predicted octanol–water partition coefficient (Wildman–Crippen LogP) is 2.06. The molecule has 0 aromatic carbocycles. The van der Waals surface area contributed by atoms with Crippen LogP contribution in [0.15, 0.2) is 4.52 Å². The number of nitrogens with zero attached hydrogens (tertiary/aromatic N) is 2. The fraction of sp³-hybridized carbons (Fsp3) is 0.818. The Morgan fingerprint density at radius 2 is 2.31 bits per heavy atom. The molecule has 2 heterocycles. The van der Waals surface area contributed by atoms with Crippen molar-refractivity contribution in [2.75, 3.05) is 5.75 Å². The van der Waals surface area contributed by atoms with Gasteiger partial charge in [-0.3, -0.25) is 0 Å². The Labute approximate surface area is 99.4 Å². The van der Waals surface area contributed by atoms with E-state index in [9.17, 15) is 0 Å². The van der Waals surface area contributed by atoms with Crippen molar-refractivity contribution in [3.63, 3.8) is 0 Å². The number of hydrogen-bond acceptors (Lipinski definition) is 5. The average molecular weight is 239 g/mol. The summed E-state index contributed by atoms with van der Waals surface area (Å²) in [6.45, 7) is 0. The van der Waals surface area contributed by atoms with Gasteiger partial charge in [0.05, 0.1) is 5.25 Å². The number of aromatic nitrogens is 2. The van der Waals surface area contributed by atoms with E-state index in [1.165, 1.54) is 25.0 Å². The molecule has 1 aliphatic heterocycles. The quantitative estimate of drug-likeness (QED) is 0.874. The second-order valence-electron chi connectivity index (χ2n) is 4.94. The highest BCUT2D eigenvalue weighted by Gasteiger charge is 2.35. The second-order valence-corrected chi connectivity index (χ2v) is 6.25. The second kappa shape index (κ2) is 4.04. The van der Waals surface area contributed by atoms with Crippen LogP contribution in [0.3, 0.4) is 0 Å². The van der Waals surface area contributed by atoms with Crippen LogP contribution in [0.2, 0.25) is 0 Å². The molecule has 1 aromatic heterocycles. The first-order valence-electron chi connectivity index (χ1n) is 5.98. The Hall–Kier alpha value is -0.550. The third kappa shape index (κ3) is 1.98. The molecule has 1 atom stereocenters. The number of hydrogen-bond donors (Lipinski definition) is 1. The average Bonchev–Trinajstić information content (AvgIpc) is 2.83. The van der Waals surface area contributed by atoms with Gasteiger partial charge in [-0.15, -0.1) is 0 Å². The summed E-state index contributed by atoms with van der Waals surface area (Å²) in [5, 5.41) is 4.53. The summed E-state index contributed by atoms with van der Waals surface area (Å²) < 4.78 is 5.29. The van der Waals surface area contributed by atoms with Gasteiger partial charge in [0.15, 0.2) is 5.82 Å². The van der Waals surface area contributed by atoms with E-state index in [1.54, 1.807) is 0 Å². The summed E-state index contributed by atoms with van der Waals surface area (Å²) in [7, 11) is 0. The largest absolute Gasteiger partial charge is 0.339 e. The minimum atomic E-state index is -0.0629. The van der Waals surface area contributed by atoms with Crippen molar-refractivity contribution < 1.29 is 4.52 Å². The van der Waals surface area contributed by atoms with E-state index in [4.69, 9.17) is 10.3 Å². The third-order valence-corrected chi connectivity index (χ3v) is 4.93. The lowest BCUT2D eigenvalue weighted by Gasteiger charge is -2.36. The first-order valence-corrected chi connectivity index (χ1v) is 7.03. The number of nitrogens with two attached hydrogens (primary N) is 1. The monoisotopic (exact) mass is 239 g/mol. The summed E-state index contributed by atoms with van der Waals surface area (Å²) >= 11 is 1.93. The van der Waals surface area contributed by atoms with Crippen molar-refractivity contribution in [2.24, 2.45) is 5.73 Å². The Morgan fingerprint density at radius 3 is 2.94 bits per heavy atom. The molecular formula is C11H17N3OS. The van der Waals surface area contributed by atoms with E-state index in [0.29, 0.717) is 5.25 Å². The van der Waals surface area contributed by atoms with E-state index in [0.717, 1.165) is 31.0 Å². The molecule has 0 amide bonds. The molecule has 5 heteroatoms. The molecule has 88 valence electrons. The lowest BCUT2D eigenvalue weighted by atomic mass is 9.75. The van der Waals surface area contributed by atoms with Gasteiger partial charge in [0, 0.05) is 12.0 Å². The molecule has 0 bridgehead atoms. The van der Waals surface area contributed by atoms with Gasteiger partial charge in [-0.1, -0.05) is 5.16 Å². The van der Waals surface area contributed by atoms with E-state index in [2.05, 4.69) is 10.1 Å². The smallest absolute Gasteiger partial charge is 0.228 e. The van der Waals surface area contributed by atoms with Crippen LogP contribution >= 0.6 is 11.8 Å². The normalized spacial score (nSPS) is 27.9. The maximum absolute atomic E-state index is 6.16. The van der Waals surface area contributed by atoms with Crippen molar-refractivity contribution in [3.8, 4) is 0 Å². The van der Waals surface area contributed by atoms with Gasteiger partial charge < -0.3 is 10.3 Å². The summed E-state index contributed by atoms with van der Waals surface area (Å²) in [6.07, 6.45) is 6.59. The van der Waals surface area contributed by atoms with Crippen LogP contribution in [0.4, 0.5) is 0 Å². The van der Waals surface area contributed by atoms with Crippen LogP contribution in [0.25, 0.3) is 0 Å². The highest BCUT2D eigenvalue weighted by atomic mass is 32.2. The van der Waals surface area contributed by atoms with Gasteiger partial charge in [0.25, 0.3) is 0 Å². The lowest BCUT2D eigenvalue weighted by molar-refractivity contribution is 0.221. The molecule has 16 heavy (non-hydrogen) atoms. The van der Waals surface area contributed by atoms with Gasteiger partial charge in [-0.05, 0) is 37.9 Å². The topological polar surface area (TPSA) is 64.9 Å². The van der Waals surface area contributed by atoms with Crippen molar-refractivity contribution in [3.05, 3.63) is 11.7 Å². The molecule has 0 spiro atoms. The molecular weight excluding hydrogens is 222 g/mol. The molecule has 1 aliphatic carbocycles. The molecule has 1 saturated heterocycles. The molecule has 2 N–H and O–H groups in total. The molecule has 4 nitrogen and oxygen atoms in total. The van der Waals surface area contributed by atoms with Crippen LogP contribution < -0.4 is 5.73 Å². The lowest BCUT2D eigenvalue weighted by Crippen LogP contribution is -2.48. The van der Waals surface area contributed by atoms with Crippen LogP contribution in [-0.2, 0) is 6.42 Å². The minimum absolute atomic E-state index is 0.0629. The third-order valence-electron chi connectivity index (χ3n) is 3.55. The van der Waals surface area contributed by atoms with Crippen LogP contribution in [0, 0.1) is 0 Å². The molecule has 0 radical (unpaired) electrons. The Balaban J connectivity index is 1.67. The first-order chi connectivity index (χ1) is 7.75. The van der Waals surface area contributed by atoms with Crippen molar-refractivity contribution in [2.45, 2.75) is 49.3 Å². The first kappa shape index (κ1) is 10.6. The van der Waals surface area contributed by atoms with Crippen molar-refractivity contribution >= 4 is 11.8 Å². The van der Waals surface area contributed by atoms with Crippen molar-refractivity contribution in [1.82, 2.24) is 10.1 Å². The highest BCUT2D eigenvalue weighted by molar-refractivity contribution is 7.99.